The van der Waals surface area contributed by atoms with Crippen molar-refractivity contribution in [1.29, 1.82) is 0 Å². The third-order valence-corrected chi connectivity index (χ3v) is 6.72. The van der Waals surface area contributed by atoms with Crippen LogP contribution in [0.4, 0.5) is 0 Å². The van der Waals surface area contributed by atoms with Gasteiger partial charge in [-0.2, -0.15) is 11.8 Å². The van der Waals surface area contributed by atoms with Crippen molar-refractivity contribution in [2.75, 3.05) is 39.5 Å². The van der Waals surface area contributed by atoms with Crippen molar-refractivity contribution < 1.29 is 0 Å². The lowest BCUT2D eigenvalue weighted by Crippen LogP contribution is -2.66. The van der Waals surface area contributed by atoms with Gasteiger partial charge in [0.15, 0.2) is 0 Å². The number of nitrogens with zero attached hydrogens (tertiary/aromatic N) is 2. The van der Waals surface area contributed by atoms with Gasteiger partial charge in [-0.25, -0.2) is 0 Å². The lowest BCUT2D eigenvalue weighted by molar-refractivity contribution is 0.000412. The molecule has 4 heteroatoms. The molecule has 1 atom stereocenters. The molecule has 2 fully saturated rings. The van der Waals surface area contributed by atoms with E-state index in [1.54, 1.807) is 0 Å². The molecule has 2 aliphatic rings. The molecule has 0 spiro atoms. The first kappa shape index (κ1) is 14.6. The van der Waals surface area contributed by atoms with Crippen LogP contribution < -0.4 is 5.73 Å². The molecule has 1 unspecified atom stereocenters. The number of thioether (sulfide) groups is 1. The van der Waals surface area contributed by atoms with Crippen LogP contribution in [0.15, 0.2) is 0 Å². The molecule has 0 aromatic rings. The summed E-state index contributed by atoms with van der Waals surface area (Å²) < 4.78 is 0.445. The Morgan fingerprint density at radius 2 is 1.94 bits per heavy atom. The van der Waals surface area contributed by atoms with Gasteiger partial charge in [-0.3, -0.25) is 9.80 Å². The van der Waals surface area contributed by atoms with E-state index in [0.29, 0.717) is 10.8 Å². The number of piperazine rings is 1. The Labute approximate surface area is 116 Å². The molecule has 1 aliphatic heterocycles. The Bertz CT molecular complexity index is 283. The van der Waals surface area contributed by atoms with Crippen LogP contribution in [-0.4, -0.2) is 65.6 Å². The zero-order chi connectivity index (χ0) is 13.4. The average molecular weight is 271 g/mol. The van der Waals surface area contributed by atoms with Crippen molar-refractivity contribution in [2.45, 2.75) is 49.4 Å². The molecular weight excluding hydrogens is 242 g/mol. The zero-order valence-electron chi connectivity index (χ0n) is 12.4. The van der Waals surface area contributed by atoms with Crippen LogP contribution in [0, 0.1) is 0 Å². The van der Waals surface area contributed by atoms with Gasteiger partial charge in [0.2, 0.25) is 0 Å². The molecule has 1 heterocycles. The molecule has 0 aromatic heterocycles. The van der Waals surface area contributed by atoms with Crippen LogP contribution in [0.3, 0.4) is 0 Å². The Balaban J connectivity index is 2.09. The van der Waals surface area contributed by atoms with Crippen LogP contribution in [0.1, 0.15) is 33.1 Å². The molecule has 2 N–H and O–H groups in total. The van der Waals surface area contributed by atoms with Crippen molar-refractivity contribution >= 4 is 11.8 Å². The Hall–Kier alpha value is 0.230. The standard InChI is InChI=1S/C14H29N3S/c1-13(2)11-17(9-8-16(13)3)12(10-15)14(18-4)6-5-7-14/h12H,5-11,15H2,1-4H3. The summed E-state index contributed by atoms with van der Waals surface area (Å²) in [5, 5.41) is 0. The summed E-state index contributed by atoms with van der Waals surface area (Å²) in [6, 6.07) is 0.564. The highest BCUT2D eigenvalue weighted by Gasteiger charge is 2.47. The van der Waals surface area contributed by atoms with Gasteiger partial charge < -0.3 is 5.73 Å². The molecular formula is C14H29N3S. The van der Waals surface area contributed by atoms with Gasteiger partial charge in [-0.05, 0) is 40.0 Å². The van der Waals surface area contributed by atoms with E-state index < -0.39 is 0 Å². The highest BCUT2D eigenvalue weighted by atomic mass is 32.2. The number of nitrogens with two attached hydrogens (primary N) is 1. The van der Waals surface area contributed by atoms with Gasteiger partial charge in [0, 0.05) is 42.5 Å². The lowest BCUT2D eigenvalue weighted by Gasteiger charge is -2.55. The van der Waals surface area contributed by atoms with Crippen LogP contribution in [0.25, 0.3) is 0 Å². The molecule has 1 saturated carbocycles. The minimum Gasteiger partial charge on any atom is -0.329 e. The molecule has 3 nitrogen and oxygen atoms in total. The quantitative estimate of drug-likeness (QED) is 0.842. The minimum absolute atomic E-state index is 0.273. The first-order chi connectivity index (χ1) is 8.45. The van der Waals surface area contributed by atoms with Crippen LogP contribution in [0.2, 0.25) is 0 Å². The van der Waals surface area contributed by atoms with Crippen molar-refractivity contribution in [2.24, 2.45) is 5.73 Å². The Morgan fingerprint density at radius 1 is 1.28 bits per heavy atom. The minimum atomic E-state index is 0.273. The molecule has 0 amide bonds. The summed E-state index contributed by atoms with van der Waals surface area (Å²) in [4.78, 5) is 5.14. The fourth-order valence-electron chi connectivity index (χ4n) is 3.44. The highest BCUT2D eigenvalue weighted by molar-refractivity contribution is 8.00. The maximum Gasteiger partial charge on any atom is 0.0366 e. The number of likely N-dealkylation sites (N-methyl/N-ethyl adjacent to an activating group) is 1. The second-order valence-corrected chi connectivity index (χ2v) is 7.80. The SMILES string of the molecule is CSC1(C(CN)N2CCN(C)C(C)(C)C2)CCC1. The van der Waals surface area contributed by atoms with Gasteiger partial charge >= 0.3 is 0 Å². The second kappa shape index (κ2) is 5.31. The molecule has 1 aliphatic carbocycles. The first-order valence-corrected chi connectivity index (χ1v) is 8.38. The van der Waals surface area contributed by atoms with E-state index in [1.807, 2.05) is 0 Å². The van der Waals surface area contributed by atoms with Crippen molar-refractivity contribution in [1.82, 2.24) is 9.80 Å². The normalized spacial score (nSPS) is 29.8. The summed E-state index contributed by atoms with van der Waals surface area (Å²) >= 11 is 2.05. The van der Waals surface area contributed by atoms with Crippen LogP contribution in [0.5, 0.6) is 0 Å². The summed E-state index contributed by atoms with van der Waals surface area (Å²) in [6.07, 6.45) is 6.35. The smallest absolute Gasteiger partial charge is 0.0366 e. The molecule has 1 saturated heterocycles. The van der Waals surface area contributed by atoms with Gasteiger partial charge in [0.1, 0.15) is 0 Å². The fraction of sp³-hybridized carbons (Fsp3) is 1.00. The number of hydrogen-bond donors (Lipinski definition) is 1. The molecule has 0 bridgehead atoms. The van der Waals surface area contributed by atoms with Gasteiger partial charge in [0.25, 0.3) is 0 Å². The molecule has 2 rings (SSSR count). The maximum absolute atomic E-state index is 6.13. The van der Waals surface area contributed by atoms with Crippen LogP contribution >= 0.6 is 11.8 Å². The topological polar surface area (TPSA) is 32.5 Å². The Kier molecular flexibility index (Phi) is 4.32. The summed E-state index contributed by atoms with van der Waals surface area (Å²) in [6.45, 7) is 8.98. The zero-order valence-corrected chi connectivity index (χ0v) is 13.2. The van der Waals surface area contributed by atoms with E-state index >= 15 is 0 Å². The summed E-state index contributed by atoms with van der Waals surface area (Å²) in [7, 11) is 2.24. The van der Waals surface area contributed by atoms with Gasteiger partial charge in [0.05, 0.1) is 0 Å². The van der Waals surface area contributed by atoms with E-state index in [4.69, 9.17) is 5.73 Å². The predicted molar refractivity (Wildman–Crippen MR) is 81.2 cm³/mol. The van der Waals surface area contributed by atoms with E-state index in [0.717, 1.165) is 19.6 Å². The second-order valence-electron chi connectivity index (χ2n) is 6.58. The third-order valence-electron chi connectivity index (χ3n) is 5.22. The van der Waals surface area contributed by atoms with Gasteiger partial charge in [-0.15, -0.1) is 0 Å². The van der Waals surface area contributed by atoms with E-state index in [-0.39, 0.29) is 5.54 Å². The van der Waals surface area contributed by atoms with E-state index in [1.165, 1.54) is 25.8 Å². The van der Waals surface area contributed by atoms with E-state index in [2.05, 4.69) is 48.7 Å². The predicted octanol–water partition coefficient (Wildman–Crippen LogP) is 1.63. The van der Waals surface area contributed by atoms with E-state index in [9.17, 15) is 0 Å². The molecule has 0 aromatic carbocycles. The monoisotopic (exact) mass is 271 g/mol. The largest absolute Gasteiger partial charge is 0.329 e. The maximum atomic E-state index is 6.13. The van der Waals surface area contributed by atoms with Crippen molar-refractivity contribution in [3.63, 3.8) is 0 Å². The Morgan fingerprint density at radius 3 is 2.33 bits per heavy atom. The first-order valence-electron chi connectivity index (χ1n) is 7.16. The van der Waals surface area contributed by atoms with Crippen molar-refractivity contribution in [3.8, 4) is 0 Å². The van der Waals surface area contributed by atoms with Crippen LogP contribution in [-0.2, 0) is 0 Å². The highest BCUT2D eigenvalue weighted by Crippen LogP contribution is 2.47. The fourth-order valence-corrected chi connectivity index (χ4v) is 4.65. The van der Waals surface area contributed by atoms with Crippen molar-refractivity contribution in [3.05, 3.63) is 0 Å². The average Bonchev–Trinajstić information content (AvgIpc) is 2.27. The third kappa shape index (κ3) is 2.45. The lowest BCUT2D eigenvalue weighted by atomic mass is 9.77. The molecule has 0 radical (unpaired) electrons. The van der Waals surface area contributed by atoms with Gasteiger partial charge in [-0.1, -0.05) is 6.42 Å². The molecule has 18 heavy (non-hydrogen) atoms. The molecule has 106 valence electrons. The number of rotatable bonds is 4. The number of hydrogen-bond acceptors (Lipinski definition) is 4. The summed E-state index contributed by atoms with van der Waals surface area (Å²) in [5.41, 5.74) is 6.40. The summed E-state index contributed by atoms with van der Waals surface area (Å²) in [5.74, 6) is 0.